The van der Waals surface area contributed by atoms with Gasteiger partial charge in [0.05, 0.1) is 18.0 Å². The molecule has 0 spiro atoms. The van der Waals surface area contributed by atoms with Crippen molar-refractivity contribution in [1.29, 1.82) is 0 Å². The van der Waals surface area contributed by atoms with Crippen LogP contribution < -0.4 is 4.74 Å². The summed E-state index contributed by atoms with van der Waals surface area (Å²) in [4.78, 5) is 0. The number of aromatic nitrogens is 2. The van der Waals surface area contributed by atoms with Crippen LogP contribution in [0.25, 0.3) is 11.3 Å². The molecule has 0 amide bonds. The van der Waals surface area contributed by atoms with Gasteiger partial charge in [0, 0.05) is 5.56 Å². The number of nitrogens with zero attached hydrogens (tertiary/aromatic N) is 2. The van der Waals surface area contributed by atoms with Crippen LogP contribution in [0.5, 0.6) is 5.75 Å². The van der Waals surface area contributed by atoms with Gasteiger partial charge >= 0.3 is 0 Å². The predicted octanol–water partition coefficient (Wildman–Crippen LogP) is 7.00. The van der Waals surface area contributed by atoms with Crippen LogP contribution in [0, 0.1) is 17.7 Å². The molecule has 1 saturated carbocycles. The fourth-order valence-electron chi connectivity index (χ4n) is 4.29. The molecule has 0 unspecified atom stereocenters. The lowest BCUT2D eigenvalue weighted by molar-refractivity contribution is 0.249. The van der Waals surface area contributed by atoms with Gasteiger partial charge in [0.25, 0.3) is 0 Å². The van der Waals surface area contributed by atoms with E-state index in [0.717, 1.165) is 35.9 Å². The van der Waals surface area contributed by atoms with Crippen LogP contribution in [0.2, 0.25) is 0 Å². The topological polar surface area (TPSA) is 35.0 Å². The van der Waals surface area contributed by atoms with Crippen LogP contribution in [0.15, 0.2) is 30.3 Å². The zero-order chi connectivity index (χ0) is 20.5. The van der Waals surface area contributed by atoms with Gasteiger partial charge in [-0.1, -0.05) is 58.8 Å². The summed E-state index contributed by atoms with van der Waals surface area (Å²) in [6, 6.07) is 8.98. The van der Waals surface area contributed by atoms with E-state index >= 15 is 0 Å². The summed E-state index contributed by atoms with van der Waals surface area (Å²) in [7, 11) is 0. The first kappa shape index (κ1) is 21.7. The van der Waals surface area contributed by atoms with E-state index in [9.17, 15) is 4.39 Å². The third-order valence-corrected chi connectivity index (χ3v) is 6.15. The lowest BCUT2D eigenvalue weighted by Gasteiger charge is -2.28. The third kappa shape index (κ3) is 6.52. The SMILES string of the molecule is CCCCC1CCC(CCc2ccc(-c3ccc(OCCC)c(F)c3)nn2)CC1. The summed E-state index contributed by atoms with van der Waals surface area (Å²) in [6.07, 6.45) is 12.7. The molecule has 0 bridgehead atoms. The maximum absolute atomic E-state index is 14.2. The van der Waals surface area contributed by atoms with Crippen LogP contribution in [0.1, 0.15) is 77.3 Å². The fraction of sp³-hybridized carbons (Fsp3) is 0.600. The first-order chi connectivity index (χ1) is 14.2. The summed E-state index contributed by atoms with van der Waals surface area (Å²) in [5, 5.41) is 8.73. The number of ether oxygens (including phenoxy) is 1. The molecule has 1 aliphatic rings. The van der Waals surface area contributed by atoms with Crippen molar-refractivity contribution in [3.05, 3.63) is 41.8 Å². The van der Waals surface area contributed by atoms with E-state index in [1.165, 1.54) is 57.4 Å². The van der Waals surface area contributed by atoms with Crippen molar-refractivity contribution in [3.63, 3.8) is 0 Å². The van der Waals surface area contributed by atoms with Gasteiger partial charge in [-0.15, -0.1) is 0 Å². The summed E-state index contributed by atoms with van der Waals surface area (Å²) in [6.45, 7) is 4.80. The maximum atomic E-state index is 14.2. The quantitative estimate of drug-likeness (QED) is 0.432. The van der Waals surface area contributed by atoms with Crippen LogP contribution in [-0.4, -0.2) is 16.8 Å². The minimum absolute atomic E-state index is 0.296. The molecule has 0 atom stereocenters. The lowest BCUT2D eigenvalue weighted by Crippen LogP contribution is -2.15. The minimum atomic E-state index is -0.351. The molecule has 1 fully saturated rings. The summed E-state index contributed by atoms with van der Waals surface area (Å²) in [5.74, 6) is 1.74. The average Bonchev–Trinajstić information content (AvgIpc) is 2.76. The van der Waals surface area contributed by atoms with Gasteiger partial charge in [-0.2, -0.15) is 10.2 Å². The van der Waals surface area contributed by atoms with Crippen LogP contribution in [-0.2, 0) is 6.42 Å². The van der Waals surface area contributed by atoms with Crippen molar-refractivity contribution in [2.75, 3.05) is 6.61 Å². The van der Waals surface area contributed by atoms with Crippen molar-refractivity contribution in [3.8, 4) is 17.0 Å². The molecule has 1 aromatic carbocycles. The Morgan fingerprint density at radius 1 is 0.931 bits per heavy atom. The van der Waals surface area contributed by atoms with E-state index < -0.39 is 0 Å². The molecule has 4 heteroatoms. The minimum Gasteiger partial charge on any atom is -0.491 e. The molecule has 3 rings (SSSR count). The Kier molecular flexibility index (Phi) is 8.45. The van der Waals surface area contributed by atoms with Gasteiger partial charge in [-0.3, -0.25) is 0 Å². The smallest absolute Gasteiger partial charge is 0.165 e. The molecule has 29 heavy (non-hydrogen) atoms. The van der Waals surface area contributed by atoms with Gasteiger partial charge in [0.1, 0.15) is 0 Å². The van der Waals surface area contributed by atoms with Gasteiger partial charge in [0.2, 0.25) is 0 Å². The first-order valence-corrected chi connectivity index (χ1v) is 11.4. The van der Waals surface area contributed by atoms with Crippen LogP contribution >= 0.6 is 0 Å². The number of unbranched alkanes of at least 4 members (excludes halogenated alkanes) is 1. The zero-order valence-corrected chi connectivity index (χ0v) is 18.0. The Hall–Kier alpha value is -1.97. The second kappa shape index (κ2) is 11.3. The van der Waals surface area contributed by atoms with Crippen molar-refractivity contribution >= 4 is 0 Å². The highest BCUT2D eigenvalue weighted by atomic mass is 19.1. The number of benzene rings is 1. The Balaban J connectivity index is 1.49. The number of rotatable bonds is 10. The van der Waals surface area contributed by atoms with Crippen LogP contribution in [0.3, 0.4) is 0 Å². The van der Waals surface area contributed by atoms with Crippen LogP contribution in [0.4, 0.5) is 4.39 Å². The molecule has 0 saturated heterocycles. The van der Waals surface area contributed by atoms with E-state index in [0.29, 0.717) is 18.1 Å². The highest BCUT2D eigenvalue weighted by molar-refractivity contribution is 5.59. The molecule has 1 aromatic heterocycles. The van der Waals surface area contributed by atoms with E-state index in [1.807, 2.05) is 25.1 Å². The van der Waals surface area contributed by atoms with Gasteiger partial charge < -0.3 is 4.74 Å². The zero-order valence-electron chi connectivity index (χ0n) is 18.0. The highest BCUT2D eigenvalue weighted by Crippen LogP contribution is 2.34. The molecular formula is C25H35FN2O. The molecular weight excluding hydrogens is 363 g/mol. The second-order valence-corrected chi connectivity index (χ2v) is 8.47. The van der Waals surface area contributed by atoms with Crippen molar-refractivity contribution in [1.82, 2.24) is 10.2 Å². The summed E-state index contributed by atoms with van der Waals surface area (Å²) < 4.78 is 19.6. The van der Waals surface area contributed by atoms with Gasteiger partial charge in [-0.25, -0.2) is 4.39 Å². The monoisotopic (exact) mass is 398 g/mol. The summed E-state index contributed by atoms with van der Waals surface area (Å²) in [5.41, 5.74) is 2.46. The van der Waals surface area contributed by atoms with E-state index in [-0.39, 0.29) is 5.82 Å². The van der Waals surface area contributed by atoms with E-state index in [4.69, 9.17) is 4.74 Å². The predicted molar refractivity (Wildman–Crippen MR) is 117 cm³/mol. The number of hydrogen-bond donors (Lipinski definition) is 0. The van der Waals surface area contributed by atoms with E-state index in [1.54, 1.807) is 6.07 Å². The van der Waals surface area contributed by atoms with Crippen molar-refractivity contribution in [2.45, 2.75) is 78.1 Å². The van der Waals surface area contributed by atoms with E-state index in [2.05, 4.69) is 17.1 Å². The largest absolute Gasteiger partial charge is 0.491 e. The number of hydrogen-bond acceptors (Lipinski definition) is 3. The van der Waals surface area contributed by atoms with Crippen molar-refractivity contribution < 1.29 is 9.13 Å². The molecule has 3 nitrogen and oxygen atoms in total. The van der Waals surface area contributed by atoms with Gasteiger partial charge in [-0.05, 0) is 61.4 Å². The molecule has 0 N–H and O–H groups in total. The second-order valence-electron chi connectivity index (χ2n) is 8.47. The van der Waals surface area contributed by atoms with Gasteiger partial charge in [0.15, 0.2) is 11.6 Å². The standard InChI is InChI=1S/C25H35FN2O/c1-3-5-6-19-7-9-20(10-8-19)11-13-22-14-15-24(28-27-22)21-12-16-25(23(26)18-21)29-17-4-2/h12,14-16,18-20H,3-11,13,17H2,1-2H3. The molecule has 0 aliphatic heterocycles. The number of aryl methyl sites for hydroxylation is 1. The average molecular weight is 399 g/mol. The highest BCUT2D eigenvalue weighted by Gasteiger charge is 2.20. The van der Waals surface area contributed by atoms with Crippen molar-refractivity contribution in [2.24, 2.45) is 11.8 Å². The molecule has 2 aromatic rings. The third-order valence-electron chi connectivity index (χ3n) is 6.15. The molecule has 1 heterocycles. The molecule has 0 radical (unpaired) electrons. The number of halogens is 1. The molecule has 1 aliphatic carbocycles. The maximum Gasteiger partial charge on any atom is 0.165 e. The Morgan fingerprint density at radius 2 is 1.69 bits per heavy atom. The Labute approximate surface area is 175 Å². The normalized spacial score (nSPS) is 19.3. The summed E-state index contributed by atoms with van der Waals surface area (Å²) >= 11 is 0. The molecule has 158 valence electrons. The Morgan fingerprint density at radius 3 is 2.31 bits per heavy atom. The first-order valence-electron chi connectivity index (χ1n) is 11.4. The lowest BCUT2D eigenvalue weighted by atomic mass is 9.78. The Bertz CT molecular complexity index is 739. The fourth-order valence-corrected chi connectivity index (χ4v) is 4.29.